The molecule has 110 valence electrons. The summed E-state index contributed by atoms with van der Waals surface area (Å²) in [5.74, 6) is -3.44. The first kappa shape index (κ1) is 14.9. The number of halogens is 3. The molecule has 0 amide bonds. The Labute approximate surface area is 119 Å². The molecule has 2 aromatic carbocycles. The number of anilines is 1. The van der Waals surface area contributed by atoms with Gasteiger partial charge in [0.2, 0.25) is 0 Å². The molecule has 6 heteroatoms. The van der Waals surface area contributed by atoms with E-state index in [2.05, 4.69) is 10.1 Å². The molecule has 2 rings (SSSR count). The molecule has 0 aliphatic rings. The molecule has 2 aromatic rings. The van der Waals surface area contributed by atoms with Crippen LogP contribution in [-0.2, 0) is 11.3 Å². The van der Waals surface area contributed by atoms with E-state index < -0.39 is 29.1 Å². The van der Waals surface area contributed by atoms with Gasteiger partial charge in [0.05, 0.1) is 12.7 Å². The number of hydrogen-bond acceptors (Lipinski definition) is 3. The standard InChI is InChI=1S/C15H12F3NO2/c1-21-15(20)10-4-2-9(3-5-10)8-19-14-12(17)6-11(16)7-13(14)18/h2-7,19H,8H2,1H3. The predicted molar refractivity (Wildman–Crippen MR) is 71.4 cm³/mol. The van der Waals surface area contributed by atoms with E-state index in [0.717, 1.165) is 0 Å². The van der Waals surface area contributed by atoms with Crippen LogP contribution in [0.3, 0.4) is 0 Å². The molecule has 0 aliphatic heterocycles. The summed E-state index contributed by atoms with van der Waals surface area (Å²) in [7, 11) is 1.28. The molecule has 0 aliphatic carbocycles. The highest BCUT2D eigenvalue weighted by atomic mass is 19.1. The quantitative estimate of drug-likeness (QED) is 0.877. The highest BCUT2D eigenvalue weighted by Gasteiger charge is 2.11. The SMILES string of the molecule is COC(=O)c1ccc(CNc2c(F)cc(F)cc2F)cc1. The molecule has 0 spiro atoms. The van der Waals surface area contributed by atoms with Crippen LogP contribution in [0.2, 0.25) is 0 Å². The van der Waals surface area contributed by atoms with E-state index in [4.69, 9.17) is 0 Å². The van der Waals surface area contributed by atoms with Crippen molar-refractivity contribution in [1.29, 1.82) is 0 Å². The van der Waals surface area contributed by atoms with Crippen molar-refractivity contribution in [2.75, 3.05) is 12.4 Å². The summed E-state index contributed by atoms with van der Waals surface area (Å²) >= 11 is 0. The van der Waals surface area contributed by atoms with Gasteiger partial charge in [-0.15, -0.1) is 0 Å². The lowest BCUT2D eigenvalue weighted by Gasteiger charge is -2.09. The normalized spacial score (nSPS) is 10.3. The Morgan fingerprint density at radius 2 is 1.67 bits per heavy atom. The molecule has 21 heavy (non-hydrogen) atoms. The lowest BCUT2D eigenvalue weighted by Crippen LogP contribution is -2.05. The zero-order chi connectivity index (χ0) is 15.4. The first-order valence-corrected chi connectivity index (χ1v) is 6.07. The van der Waals surface area contributed by atoms with Gasteiger partial charge >= 0.3 is 5.97 Å². The maximum Gasteiger partial charge on any atom is 0.337 e. The van der Waals surface area contributed by atoms with Crippen LogP contribution >= 0.6 is 0 Å². The molecule has 0 saturated heterocycles. The zero-order valence-electron chi connectivity index (χ0n) is 11.1. The van der Waals surface area contributed by atoms with Crippen LogP contribution < -0.4 is 5.32 Å². The Bertz CT molecular complexity index is 633. The molecule has 3 nitrogen and oxygen atoms in total. The average molecular weight is 295 g/mol. The van der Waals surface area contributed by atoms with Gasteiger partial charge in [-0.25, -0.2) is 18.0 Å². The van der Waals surface area contributed by atoms with Crippen molar-refractivity contribution in [3.63, 3.8) is 0 Å². The van der Waals surface area contributed by atoms with Gasteiger partial charge in [0.15, 0.2) is 11.6 Å². The van der Waals surface area contributed by atoms with Crippen molar-refractivity contribution < 1.29 is 22.7 Å². The maximum absolute atomic E-state index is 13.4. The minimum absolute atomic E-state index is 0.126. The van der Waals surface area contributed by atoms with Gasteiger partial charge in [-0.3, -0.25) is 0 Å². The Hall–Kier alpha value is -2.50. The minimum atomic E-state index is -1.00. The molecule has 0 saturated carbocycles. The average Bonchev–Trinajstić information content (AvgIpc) is 2.46. The summed E-state index contributed by atoms with van der Waals surface area (Å²) < 4.78 is 44.2. The van der Waals surface area contributed by atoms with Crippen molar-refractivity contribution in [1.82, 2.24) is 0 Å². The summed E-state index contributed by atoms with van der Waals surface area (Å²) in [6.07, 6.45) is 0. The number of hydrogen-bond donors (Lipinski definition) is 1. The number of nitrogens with one attached hydrogen (secondary N) is 1. The largest absolute Gasteiger partial charge is 0.465 e. The Balaban J connectivity index is 2.08. The maximum atomic E-state index is 13.4. The van der Waals surface area contributed by atoms with Gasteiger partial charge in [0.25, 0.3) is 0 Å². The second-order valence-electron chi connectivity index (χ2n) is 4.29. The number of carbonyl (C=O) groups is 1. The number of benzene rings is 2. The van der Waals surface area contributed by atoms with Crippen LogP contribution in [0, 0.1) is 17.5 Å². The highest BCUT2D eigenvalue weighted by molar-refractivity contribution is 5.89. The van der Waals surface area contributed by atoms with Crippen molar-refractivity contribution in [3.8, 4) is 0 Å². The van der Waals surface area contributed by atoms with Crippen molar-refractivity contribution in [3.05, 3.63) is 65.0 Å². The first-order valence-electron chi connectivity index (χ1n) is 6.07. The van der Waals surface area contributed by atoms with Gasteiger partial charge in [0.1, 0.15) is 11.5 Å². The van der Waals surface area contributed by atoms with E-state index >= 15 is 0 Å². The van der Waals surface area contributed by atoms with Crippen molar-refractivity contribution in [2.45, 2.75) is 6.54 Å². The third-order valence-electron chi connectivity index (χ3n) is 2.85. The van der Waals surface area contributed by atoms with E-state index in [1.807, 2.05) is 0 Å². The van der Waals surface area contributed by atoms with E-state index in [-0.39, 0.29) is 6.54 Å². The number of esters is 1. The summed E-state index contributed by atoms with van der Waals surface area (Å²) in [5, 5.41) is 2.55. The van der Waals surface area contributed by atoms with Gasteiger partial charge in [-0.05, 0) is 17.7 Å². The monoisotopic (exact) mass is 295 g/mol. The second-order valence-corrected chi connectivity index (χ2v) is 4.29. The van der Waals surface area contributed by atoms with Crippen LogP contribution in [0.15, 0.2) is 36.4 Å². The summed E-state index contributed by atoms with van der Waals surface area (Å²) in [6, 6.07) is 7.54. The van der Waals surface area contributed by atoms with Crippen LogP contribution in [0.5, 0.6) is 0 Å². The van der Waals surface area contributed by atoms with E-state index in [9.17, 15) is 18.0 Å². The lowest BCUT2D eigenvalue weighted by atomic mass is 10.1. The van der Waals surface area contributed by atoms with Crippen molar-refractivity contribution >= 4 is 11.7 Å². The molecule has 0 fully saturated rings. The van der Waals surface area contributed by atoms with Crippen LogP contribution in [0.1, 0.15) is 15.9 Å². The van der Waals surface area contributed by atoms with E-state index in [1.165, 1.54) is 7.11 Å². The second kappa shape index (κ2) is 6.30. The molecule has 0 unspecified atom stereocenters. The van der Waals surface area contributed by atoms with Gasteiger partial charge < -0.3 is 10.1 Å². The summed E-state index contributed by atoms with van der Waals surface area (Å²) in [4.78, 5) is 11.3. The fourth-order valence-electron chi connectivity index (χ4n) is 1.78. The molecule has 1 N–H and O–H groups in total. The molecule has 0 aromatic heterocycles. The third-order valence-corrected chi connectivity index (χ3v) is 2.85. The summed E-state index contributed by atoms with van der Waals surface area (Å²) in [6.45, 7) is 0.126. The van der Waals surface area contributed by atoms with Crippen molar-refractivity contribution in [2.24, 2.45) is 0 Å². The molecular formula is C15H12F3NO2. The highest BCUT2D eigenvalue weighted by Crippen LogP contribution is 2.21. The van der Waals surface area contributed by atoms with Gasteiger partial charge in [0, 0.05) is 18.7 Å². The third kappa shape index (κ3) is 3.53. The Kier molecular flexibility index (Phi) is 4.47. The van der Waals surface area contributed by atoms with Crippen LogP contribution in [0.25, 0.3) is 0 Å². The van der Waals surface area contributed by atoms with Crippen LogP contribution in [0.4, 0.5) is 18.9 Å². The molecular weight excluding hydrogens is 283 g/mol. The van der Waals surface area contributed by atoms with Gasteiger partial charge in [-0.2, -0.15) is 0 Å². The molecule has 0 heterocycles. The van der Waals surface area contributed by atoms with Gasteiger partial charge in [-0.1, -0.05) is 12.1 Å². The zero-order valence-corrected chi connectivity index (χ0v) is 11.1. The Morgan fingerprint density at radius 1 is 1.10 bits per heavy atom. The lowest BCUT2D eigenvalue weighted by molar-refractivity contribution is 0.0600. The topological polar surface area (TPSA) is 38.3 Å². The smallest absolute Gasteiger partial charge is 0.337 e. The molecule has 0 atom stereocenters. The number of carbonyl (C=O) groups excluding carboxylic acids is 1. The first-order chi connectivity index (χ1) is 10.0. The molecule has 0 bridgehead atoms. The number of ether oxygens (including phenoxy) is 1. The Morgan fingerprint density at radius 3 is 2.19 bits per heavy atom. The van der Waals surface area contributed by atoms with Crippen LogP contribution in [-0.4, -0.2) is 13.1 Å². The number of methoxy groups -OCH3 is 1. The van der Waals surface area contributed by atoms with E-state index in [1.54, 1.807) is 24.3 Å². The minimum Gasteiger partial charge on any atom is -0.465 e. The fourth-order valence-corrected chi connectivity index (χ4v) is 1.78. The molecule has 0 radical (unpaired) electrons. The predicted octanol–water partition coefficient (Wildman–Crippen LogP) is 3.50. The number of rotatable bonds is 4. The summed E-state index contributed by atoms with van der Waals surface area (Å²) in [5.41, 5.74) is 0.680. The fraction of sp³-hybridized carbons (Fsp3) is 0.133. The van der Waals surface area contributed by atoms with E-state index in [0.29, 0.717) is 23.3 Å².